The number of fused-ring (bicyclic) bond motifs is 1. The second-order valence-electron chi connectivity index (χ2n) is 7.71. The molecule has 1 atom stereocenters. The quantitative estimate of drug-likeness (QED) is 0.715. The minimum atomic E-state index is -0.167. The standard InChI is InChI=1S/C24H27N3O2/c1-2-26-14-12-19-16-21(10-11-22(19)26)25-24(29)20-9-6-13-27(17-20)23(28)15-18-7-4-3-5-8-18/h3-5,7-8,10-12,14,16,20H,2,6,9,13,15,17H2,1H3,(H,25,29). The number of aryl methyl sites for hydroxylation is 1. The molecule has 1 saturated heterocycles. The third-order valence-electron chi connectivity index (χ3n) is 5.72. The largest absolute Gasteiger partial charge is 0.348 e. The molecule has 1 N–H and O–H groups in total. The van der Waals surface area contributed by atoms with Gasteiger partial charge in [-0.3, -0.25) is 9.59 Å². The lowest BCUT2D eigenvalue weighted by molar-refractivity contribution is -0.133. The highest BCUT2D eigenvalue weighted by Gasteiger charge is 2.28. The normalized spacial score (nSPS) is 16.7. The van der Waals surface area contributed by atoms with Gasteiger partial charge in [0, 0.05) is 42.4 Å². The van der Waals surface area contributed by atoms with Crippen LogP contribution in [0.4, 0.5) is 5.69 Å². The molecule has 0 saturated carbocycles. The van der Waals surface area contributed by atoms with Crippen LogP contribution in [0.25, 0.3) is 10.9 Å². The van der Waals surface area contributed by atoms with Crippen LogP contribution in [-0.4, -0.2) is 34.4 Å². The molecule has 1 aromatic heterocycles. The van der Waals surface area contributed by atoms with Crippen molar-refractivity contribution in [3.8, 4) is 0 Å². The van der Waals surface area contributed by atoms with Gasteiger partial charge in [0.1, 0.15) is 0 Å². The van der Waals surface area contributed by atoms with E-state index in [0.717, 1.165) is 42.6 Å². The van der Waals surface area contributed by atoms with Crippen LogP contribution in [0.5, 0.6) is 0 Å². The molecule has 1 unspecified atom stereocenters. The van der Waals surface area contributed by atoms with E-state index in [1.807, 2.05) is 53.4 Å². The van der Waals surface area contributed by atoms with Crippen LogP contribution in [0, 0.1) is 5.92 Å². The second-order valence-corrected chi connectivity index (χ2v) is 7.71. The van der Waals surface area contributed by atoms with Crippen molar-refractivity contribution in [2.75, 3.05) is 18.4 Å². The number of nitrogens with one attached hydrogen (secondary N) is 1. The van der Waals surface area contributed by atoms with E-state index in [-0.39, 0.29) is 17.7 Å². The van der Waals surface area contributed by atoms with Crippen molar-refractivity contribution < 1.29 is 9.59 Å². The monoisotopic (exact) mass is 389 g/mol. The van der Waals surface area contributed by atoms with Crippen molar-refractivity contribution in [2.45, 2.75) is 32.7 Å². The zero-order valence-corrected chi connectivity index (χ0v) is 16.8. The first-order valence-corrected chi connectivity index (χ1v) is 10.4. The number of piperidine rings is 1. The third-order valence-corrected chi connectivity index (χ3v) is 5.72. The molecule has 5 heteroatoms. The molecule has 29 heavy (non-hydrogen) atoms. The average molecular weight is 389 g/mol. The molecule has 5 nitrogen and oxygen atoms in total. The van der Waals surface area contributed by atoms with Crippen molar-refractivity contribution >= 4 is 28.4 Å². The first kappa shape index (κ1) is 19.2. The van der Waals surface area contributed by atoms with E-state index in [0.29, 0.717) is 13.0 Å². The maximum atomic E-state index is 12.8. The first-order valence-electron chi connectivity index (χ1n) is 10.4. The number of likely N-dealkylation sites (tertiary alicyclic amines) is 1. The zero-order chi connectivity index (χ0) is 20.2. The number of rotatable bonds is 5. The fourth-order valence-electron chi connectivity index (χ4n) is 4.10. The minimum Gasteiger partial charge on any atom is -0.348 e. The number of benzene rings is 2. The maximum absolute atomic E-state index is 12.8. The summed E-state index contributed by atoms with van der Waals surface area (Å²) in [5.74, 6) is -0.0769. The fourth-order valence-corrected chi connectivity index (χ4v) is 4.10. The molecule has 0 aliphatic carbocycles. The van der Waals surface area contributed by atoms with E-state index in [9.17, 15) is 9.59 Å². The summed E-state index contributed by atoms with van der Waals surface area (Å²) in [5, 5.41) is 4.17. The number of anilines is 1. The summed E-state index contributed by atoms with van der Waals surface area (Å²) >= 11 is 0. The highest BCUT2D eigenvalue weighted by molar-refractivity contribution is 5.95. The SMILES string of the molecule is CCn1ccc2cc(NC(=O)C3CCCN(C(=O)Cc4ccccc4)C3)ccc21. The van der Waals surface area contributed by atoms with Gasteiger partial charge in [0.2, 0.25) is 11.8 Å². The van der Waals surface area contributed by atoms with Gasteiger partial charge in [0.25, 0.3) is 0 Å². The number of hydrogen-bond acceptors (Lipinski definition) is 2. The zero-order valence-electron chi connectivity index (χ0n) is 16.8. The number of carbonyl (C=O) groups is 2. The van der Waals surface area contributed by atoms with Crippen LogP contribution in [0.2, 0.25) is 0 Å². The molecule has 4 rings (SSSR count). The Morgan fingerprint density at radius 2 is 1.93 bits per heavy atom. The Morgan fingerprint density at radius 1 is 1.10 bits per heavy atom. The van der Waals surface area contributed by atoms with Gasteiger partial charge in [-0.2, -0.15) is 0 Å². The van der Waals surface area contributed by atoms with Crippen LogP contribution >= 0.6 is 0 Å². The van der Waals surface area contributed by atoms with E-state index < -0.39 is 0 Å². The summed E-state index contributed by atoms with van der Waals surface area (Å²) in [6.07, 6.45) is 4.13. The lowest BCUT2D eigenvalue weighted by atomic mass is 9.96. The van der Waals surface area contributed by atoms with E-state index >= 15 is 0 Å². The highest BCUT2D eigenvalue weighted by Crippen LogP contribution is 2.23. The maximum Gasteiger partial charge on any atom is 0.229 e. The van der Waals surface area contributed by atoms with Gasteiger partial charge in [-0.15, -0.1) is 0 Å². The summed E-state index contributed by atoms with van der Waals surface area (Å²) in [4.78, 5) is 27.3. The first-order chi connectivity index (χ1) is 14.1. The fraction of sp³-hybridized carbons (Fsp3) is 0.333. The molecule has 2 amide bonds. The lowest BCUT2D eigenvalue weighted by Crippen LogP contribution is -2.44. The second kappa shape index (κ2) is 8.52. The number of hydrogen-bond donors (Lipinski definition) is 1. The molecule has 1 aliphatic heterocycles. The molecule has 150 valence electrons. The Morgan fingerprint density at radius 3 is 2.72 bits per heavy atom. The molecular formula is C24H27N3O2. The molecule has 0 radical (unpaired) electrons. The van der Waals surface area contributed by atoms with Crippen molar-refractivity contribution in [2.24, 2.45) is 5.92 Å². The number of nitrogens with zero attached hydrogens (tertiary/aromatic N) is 2. The topological polar surface area (TPSA) is 54.3 Å². The Kier molecular flexibility index (Phi) is 5.65. The number of carbonyl (C=O) groups excluding carboxylic acids is 2. The smallest absolute Gasteiger partial charge is 0.229 e. The summed E-state index contributed by atoms with van der Waals surface area (Å²) in [7, 11) is 0. The summed E-state index contributed by atoms with van der Waals surface area (Å²) in [5.41, 5.74) is 2.99. The van der Waals surface area contributed by atoms with E-state index in [4.69, 9.17) is 0 Å². The van der Waals surface area contributed by atoms with Crippen molar-refractivity contribution in [1.82, 2.24) is 9.47 Å². The van der Waals surface area contributed by atoms with Crippen LogP contribution < -0.4 is 5.32 Å². The summed E-state index contributed by atoms with van der Waals surface area (Å²) in [6.45, 7) is 4.26. The Labute approximate surface area is 171 Å². The number of aromatic nitrogens is 1. The van der Waals surface area contributed by atoms with Gasteiger partial charge in [-0.25, -0.2) is 0 Å². The Balaban J connectivity index is 1.39. The van der Waals surface area contributed by atoms with E-state index in [1.54, 1.807) is 0 Å². The minimum absolute atomic E-state index is 0.00325. The van der Waals surface area contributed by atoms with Crippen molar-refractivity contribution in [1.29, 1.82) is 0 Å². The van der Waals surface area contributed by atoms with E-state index in [2.05, 4.69) is 29.1 Å². The van der Waals surface area contributed by atoms with Crippen molar-refractivity contribution in [3.63, 3.8) is 0 Å². The van der Waals surface area contributed by atoms with Gasteiger partial charge < -0.3 is 14.8 Å². The number of amides is 2. The molecule has 1 aliphatic rings. The predicted octanol–water partition coefficient (Wildman–Crippen LogP) is 4.08. The molecule has 0 bridgehead atoms. The van der Waals surface area contributed by atoms with Crippen LogP contribution in [0.15, 0.2) is 60.8 Å². The Bertz CT molecular complexity index is 1010. The molecule has 3 aromatic rings. The molecule has 0 spiro atoms. The predicted molar refractivity (Wildman–Crippen MR) is 116 cm³/mol. The Hall–Kier alpha value is -3.08. The average Bonchev–Trinajstić information content (AvgIpc) is 3.17. The third kappa shape index (κ3) is 4.34. The molecular weight excluding hydrogens is 362 g/mol. The van der Waals surface area contributed by atoms with Gasteiger partial charge in [-0.1, -0.05) is 30.3 Å². The van der Waals surface area contributed by atoms with Gasteiger partial charge in [-0.05, 0) is 49.6 Å². The molecule has 2 aromatic carbocycles. The molecule has 1 fully saturated rings. The highest BCUT2D eigenvalue weighted by atomic mass is 16.2. The van der Waals surface area contributed by atoms with Crippen LogP contribution in [-0.2, 0) is 22.6 Å². The van der Waals surface area contributed by atoms with Crippen molar-refractivity contribution in [3.05, 3.63) is 66.4 Å². The lowest BCUT2D eigenvalue weighted by Gasteiger charge is -2.32. The van der Waals surface area contributed by atoms with Crippen LogP contribution in [0.1, 0.15) is 25.3 Å². The van der Waals surface area contributed by atoms with Crippen LogP contribution in [0.3, 0.4) is 0 Å². The summed E-state index contributed by atoms with van der Waals surface area (Å²) < 4.78 is 2.18. The van der Waals surface area contributed by atoms with E-state index in [1.165, 1.54) is 5.52 Å². The van der Waals surface area contributed by atoms with Gasteiger partial charge in [0.15, 0.2) is 0 Å². The van der Waals surface area contributed by atoms with Gasteiger partial charge in [0.05, 0.1) is 12.3 Å². The van der Waals surface area contributed by atoms with Gasteiger partial charge >= 0.3 is 0 Å². The molecule has 2 heterocycles. The summed E-state index contributed by atoms with van der Waals surface area (Å²) in [6, 6.07) is 17.9.